The average molecular weight is 372 g/mol. The van der Waals surface area contributed by atoms with Crippen LogP contribution in [0.1, 0.15) is 11.1 Å². The van der Waals surface area contributed by atoms with Crippen LogP contribution in [0, 0.1) is 10.1 Å². The summed E-state index contributed by atoms with van der Waals surface area (Å²) in [4.78, 5) is 12.4. The molecule has 26 heavy (non-hydrogen) atoms. The lowest BCUT2D eigenvalue weighted by Crippen LogP contribution is -2.19. The van der Waals surface area contributed by atoms with Gasteiger partial charge in [0, 0.05) is 30.0 Å². The van der Waals surface area contributed by atoms with Crippen molar-refractivity contribution in [2.75, 3.05) is 7.11 Å². The largest absolute Gasteiger partial charge is 0.496 e. The molecule has 0 aliphatic carbocycles. The summed E-state index contributed by atoms with van der Waals surface area (Å²) >= 11 is 1.43. The molecule has 0 heterocycles. The number of hydrogen-bond donors (Lipinski definition) is 1. The minimum absolute atomic E-state index is 0.0247. The van der Waals surface area contributed by atoms with E-state index in [9.17, 15) is 10.1 Å². The van der Waals surface area contributed by atoms with Gasteiger partial charge in [0.25, 0.3) is 5.69 Å². The maximum absolute atomic E-state index is 11.0. The van der Waals surface area contributed by atoms with Crippen LogP contribution < -0.4 is 10.6 Å². The third kappa shape index (κ3) is 5.25. The van der Waals surface area contributed by atoms with E-state index in [-0.39, 0.29) is 5.69 Å². The van der Waals surface area contributed by atoms with Gasteiger partial charge >= 0.3 is 0 Å². The summed E-state index contributed by atoms with van der Waals surface area (Å²) in [5.74, 6) is 6.37. The number of methoxy groups -OCH3 is 1. The summed E-state index contributed by atoms with van der Waals surface area (Å²) in [6.45, 7) is 4.63. The van der Waals surface area contributed by atoms with Gasteiger partial charge < -0.3 is 15.5 Å². The number of benzene rings is 2. The molecule has 0 amide bonds. The summed E-state index contributed by atoms with van der Waals surface area (Å²) in [6.07, 6.45) is 1.51. The Labute approximate surface area is 156 Å². The van der Waals surface area contributed by atoms with E-state index in [1.54, 1.807) is 6.07 Å². The van der Waals surface area contributed by atoms with Crippen LogP contribution in [0.15, 0.2) is 65.2 Å². The zero-order valence-corrected chi connectivity index (χ0v) is 15.2. The van der Waals surface area contributed by atoms with E-state index in [1.807, 2.05) is 35.2 Å². The smallest absolute Gasteiger partial charge is 0.270 e. The Hall–Kier alpha value is -3.00. The molecule has 0 saturated heterocycles. The average Bonchev–Trinajstić information content (AvgIpc) is 2.66. The van der Waals surface area contributed by atoms with Crippen molar-refractivity contribution in [3.05, 3.63) is 81.4 Å². The topological polar surface area (TPSA) is 94.0 Å². The van der Waals surface area contributed by atoms with Crippen molar-refractivity contribution in [3.63, 3.8) is 0 Å². The van der Waals surface area contributed by atoms with Crippen molar-refractivity contribution >= 4 is 23.8 Å². The number of nitrogens with zero attached hydrogens (tertiary/aromatic N) is 3. The van der Waals surface area contributed by atoms with Crippen LogP contribution in [0.5, 0.6) is 5.75 Å². The van der Waals surface area contributed by atoms with Crippen LogP contribution in [-0.2, 0) is 12.3 Å². The first-order valence-electron chi connectivity index (χ1n) is 7.72. The third-order valence-corrected chi connectivity index (χ3v) is 4.61. The van der Waals surface area contributed by atoms with Gasteiger partial charge in [0.15, 0.2) is 0 Å². The summed E-state index contributed by atoms with van der Waals surface area (Å²) in [7, 11) is 1.53. The molecular formula is C18H20N4O3S. The highest BCUT2D eigenvalue weighted by Gasteiger charge is 2.13. The van der Waals surface area contributed by atoms with Gasteiger partial charge in [0.1, 0.15) is 12.1 Å². The summed E-state index contributed by atoms with van der Waals surface area (Å²) in [5.41, 5.74) is 1.83. The molecule has 2 N–H and O–H groups in total. The normalized spacial score (nSPS) is 10.7. The maximum Gasteiger partial charge on any atom is 0.270 e. The minimum atomic E-state index is -0.425. The predicted molar refractivity (Wildman–Crippen MR) is 105 cm³/mol. The number of ether oxygens (including phenoxy) is 1. The van der Waals surface area contributed by atoms with Gasteiger partial charge in [-0.3, -0.25) is 10.1 Å². The quantitative estimate of drug-likeness (QED) is 0.237. The lowest BCUT2D eigenvalue weighted by Gasteiger charge is -2.21. The van der Waals surface area contributed by atoms with Gasteiger partial charge in [-0.05, 0) is 11.6 Å². The molecule has 0 bridgehead atoms. The molecule has 0 fully saturated rings. The predicted octanol–water partition coefficient (Wildman–Crippen LogP) is 3.71. The highest BCUT2D eigenvalue weighted by atomic mass is 32.2. The molecule has 136 valence electrons. The molecule has 7 nitrogen and oxygen atoms in total. The lowest BCUT2D eigenvalue weighted by atomic mass is 10.2. The minimum Gasteiger partial charge on any atom is -0.496 e. The first-order chi connectivity index (χ1) is 12.5. The van der Waals surface area contributed by atoms with E-state index in [4.69, 9.17) is 10.6 Å². The van der Waals surface area contributed by atoms with Gasteiger partial charge in [-0.15, -0.1) is 11.8 Å². The van der Waals surface area contributed by atoms with Gasteiger partial charge in [-0.2, -0.15) is 5.10 Å². The Balaban J connectivity index is 2.10. The Bertz CT molecular complexity index is 796. The highest BCUT2D eigenvalue weighted by Crippen LogP contribution is 2.31. The number of hydrazone groups is 1. The van der Waals surface area contributed by atoms with Crippen LogP contribution in [-0.4, -0.2) is 23.3 Å². The Kier molecular flexibility index (Phi) is 7.04. The van der Waals surface area contributed by atoms with Crippen molar-refractivity contribution in [1.29, 1.82) is 0 Å². The molecule has 0 aliphatic rings. The van der Waals surface area contributed by atoms with Crippen molar-refractivity contribution in [2.24, 2.45) is 10.9 Å². The maximum atomic E-state index is 11.0. The Morgan fingerprint density at radius 1 is 1.38 bits per heavy atom. The number of rotatable bonds is 9. The monoisotopic (exact) mass is 372 g/mol. The van der Waals surface area contributed by atoms with Crippen LogP contribution in [0.2, 0.25) is 0 Å². The molecule has 2 rings (SSSR count). The van der Waals surface area contributed by atoms with E-state index in [1.165, 1.54) is 37.3 Å². The molecule has 0 aromatic heterocycles. The fraction of sp³-hybridized carbons (Fsp3) is 0.167. The lowest BCUT2D eigenvalue weighted by molar-refractivity contribution is -0.384. The van der Waals surface area contributed by atoms with Crippen LogP contribution in [0.4, 0.5) is 5.69 Å². The zero-order chi connectivity index (χ0) is 18.9. The molecule has 2 aromatic carbocycles. The Morgan fingerprint density at radius 2 is 2.12 bits per heavy atom. The highest BCUT2D eigenvalue weighted by molar-refractivity contribution is 8.02. The van der Waals surface area contributed by atoms with Gasteiger partial charge in [-0.25, -0.2) is 0 Å². The molecule has 0 saturated carbocycles. The van der Waals surface area contributed by atoms with Crippen molar-refractivity contribution in [3.8, 4) is 5.75 Å². The fourth-order valence-corrected chi connectivity index (χ4v) is 3.11. The number of nitro benzene ring substituents is 1. The second-order valence-corrected chi connectivity index (χ2v) is 6.36. The first-order valence-corrected chi connectivity index (χ1v) is 8.70. The molecule has 0 atom stereocenters. The molecule has 0 aliphatic heterocycles. The zero-order valence-electron chi connectivity index (χ0n) is 14.4. The van der Waals surface area contributed by atoms with E-state index < -0.39 is 4.92 Å². The summed E-state index contributed by atoms with van der Waals surface area (Å²) < 4.78 is 5.29. The molecule has 2 aromatic rings. The van der Waals surface area contributed by atoms with E-state index in [0.29, 0.717) is 18.0 Å². The van der Waals surface area contributed by atoms with Gasteiger partial charge in [0.05, 0.1) is 17.1 Å². The molecular weight excluding hydrogens is 352 g/mol. The molecule has 0 radical (unpaired) electrons. The molecule has 0 spiro atoms. The second-order valence-electron chi connectivity index (χ2n) is 5.31. The van der Waals surface area contributed by atoms with E-state index in [2.05, 4.69) is 11.7 Å². The number of nitro groups is 1. The fourth-order valence-electron chi connectivity index (χ4n) is 2.29. The SMILES string of the molecule is C=C(SCc1cc([N+](=O)[O-])ccc1OC)N(/C=N\N)Cc1ccccc1. The second kappa shape index (κ2) is 9.47. The molecule has 8 heteroatoms. The number of hydrogen-bond acceptors (Lipinski definition) is 6. The van der Waals surface area contributed by atoms with Crippen molar-refractivity contribution < 1.29 is 9.66 Å². The van der Waals surface area contributed by atoms with Crippen LogP contribution in [0.25, 0.3) is 0 Å². The van der Waals surface area contributed by atoms with Gasteiger partial charge in [0.2, 0.25) is 0 Å². The van der Waals surface area contributed by atoms with E-state index in [0.717, 1.165) is 16.2 Å². The van der Waals surface area contributed by atoms with Crippen molar-refractivity contribution in [2.45, 2.75) is 12.3 Å². The number of non-ortho nitro benzene ring substituents is 1. The van der Waals surface area contributed by atoms with Crippen LogP contribution in [0.3, 0.4) is 0 Å². The number of thioether (sulfide) groups is 1. The third-order valence-electron chi connectivity index (χ3n) is 3.59. The standard InChI is InChI=1S/C18H20N4O3S/c1-14(21(13-20-19)11-15-6-4-3-5-7-15)26-12-16-10-17(22(23)24)8-9-18(16)25-2/h3-10,13H,1,11-12,19H2,2H3/b20-13-. The summed E-state index contributed by atoms with van der Waals surface area (Å²) in [5, 5.41) is 15.3. The Morgan fingerprint density at radius 3 is 2.73 bits per heavy atom. The number of nitrogens with two attached hydrogens (primary N) is 1. The van der Waals surface area contributed by atoms with Crippen molar-refractivity contribution in [1.82, 2.24) is 4.90 Å². The molecule has 0 unspecified atom stereocenters. The first kappa shape index (κ1) is 19.3. The van der Waals surface area contributed by atoms with E-state index >= 15 is 0 Å². The van der Waals surface area contributed by atoms with Crippen LogP contribution >= 0.6 is 11.8 Å². The summed E-state index contributed by atoms with van der Waals surface area (Å²) in [6, 6.07) is 14.4. The van der Waals surface area contributed by atoms with Gasteiger partial charge in [-0.1, -0.05) is 36.9 Å².